The second kappa shape index (κ2) is 8.25. The number of ether oxygens (including phenoxy) is 1. The fourth-order valence-corrected chi connectivity index (χ4v) is 4.93. The van der Waals surface area contributed by atoms with Gasteiger partial charge < -0.3 is 4.74 Å². The van der Waals surface area contributed by atoms with Crippen LogP contribution in [0.4, 0.5) is 5.69 Å². The van der Waals surface area contributed by atoms with E-state index < -0.39 is 10.0 Å². The van der Waals surface area contributed by atoms with Crippen molar-refractivity contribution in [2.24, 2.45) is 0 Å². The molecule has 0 N–H and O–H groups in total. The number of hydrogen-bond acceptors (Lipinski definition) is 3. The Bertz CT molecular complexity index is 1060. The van der Waals surface area contributed by atoms with Gasteiger partial charge in [-0.15, -0.1) is 0 Å². The molecule has 3 aromatic carbocycles. The zero-order valence-corrected chi connectivity index (χ0v) is 17.6. The number of sulfonamides is 1. The van der Waals surface area contributed by atoms with Crippen molar-refractivity contribution in [2.45, 2.75) is 25.3 Å². The SMILES string of the molecule is COc1ccc(N(Cc2ccccc2)S(=O)(=O)c2cc(C)c(Cl)cc2C)cc1. The second-order valence-corrected chi connectivity index (χ2v) is 8.80. The molecular formula is C22H22ClNO3S. The van der Waals surface area contributed by atoms with E-state index in [2.05, 4.69) is 0 Å². The van der Waals surface area contributed by atoms with Gasteiger partial charge in [0.25, 0.3) is 10.0 Å². The highest BCUT2D eigenvalue weighted by molar-refractivity contribution is 7.92. The van der Waals surface area contributed by atoms with Crippen molar-refractivity contribution >= 4 is 27.3 Å². The number of hydrogen-bond donors (Lipinski definition) is 0. The van der Waals surface area contributed by atoms with E-state index in [0.717, 1.165) is 11.1 Å². The van der Waals surface area contributed by atoms with Gasteiger partial charge in [0.05, 0.1) is 24.2 Å². The summed E-state index contributed by atoms with van der Waals surface area (Å²) in [7, 11) is -2.23. The third-order valence-electron chi connectivity index (χ3n) is 4.55. The van der Waals surface area contributed by atoms with Gasteiger partial charge in [0.15, 0.2) is 0 Å². The zero-order chi connectivity index (χ0) is 20.3. The fourth-order valence-electron chi connectivity index (χ4n) is 2.96. The average molecular weight is 416 g/mol. The molecule has 0 aliphatic heterocycles. The third-order valence-corrected chi connectivity index (χ3v) is 6.88. The lowest BCUT2D eigenvalue weighted by molar-refractivity contribution is 0.415. The Morgan fingerprint density at radius 3 is 2.18 bits per heavy atom. The monoisotopic (exact) mass is 415 g/mol. The molecule has 0 radical (unpaired) electrons. The number of halogens is 1. The van der Waals surface area contributed by atoms with Crippen molar-refractivity contribution in [3.05, 3.63) is 88.4 Å². The van der Waals surface area contributed by atoms with E-state index in [0.29, 0.717) is 22.0 Å². The molecule has 0 aliphatic carbocycles. The second-order valence-electron chi connectivity index (χ2n) is 6.56. The molecule has 0 saturated carbocycles. The molecule has 0 unspecified atom stereocenters. The highest BCUT2D eigenvalue weighted by Crippen LogP contribution is 2.31. The predicted molar refractivity (Wildman–Crippen MR) is 114 cm³/mol. The first-order chi connectivity index (χ1) is 13.3. The molecule has 0 fully saturated rings. The van der Waals surface area contributed by atoms with E-state index in [-0.39, 0.29) is 11.4 Å². The molecule has 0 atom stereocenters. The molecule has 146 valence electrons. The number of nitrogens with zero attached hydrogens (tertiary/aromatic N) is 1. The molecule has 0 heterocycles. The number of aryl methyl sites for hydroxylation is 2. The van der Waals surface area contributed by atoms with Gasteiger partial charge >= 0.3 is 0 Å². The molecule has 0 spiro atoms. The zero-order valence-electron chi connectivity index (χ0n) is 16.0. The van der Waals surface area contributed by atoms with E-state index in [9.17, 15) is 8.42 Å². The van der Waals surface area contributed by atoms with Gasteiger partial charge in [-0.3, -0.25) is 4.31 Å². The van der Waals surface area contributed by atoms with Gasteiger partial charge in [-0.05, 0) is 66.9 Å². The first-order valence-corrected chi connectivity index (χ1v) is 10.6. The van der Waals surface area contributed by atoms with Gasteiger partial charge in [0.2, 0.25) is 0 Å². The van der Waals surface area contributed by atoms with Gasteiger partial charge in [-0.1, -0.05) is 41.9 Å². The Morgan fingerprint density at radius 1 is 0.929 bits per heavy atom. The molecule has 0 saturated heterocycles. The van der Waals surface area contributed by atoms with Crippen LogP contribution in [-0.4, -0.2) is 15.5 Å². The molecule has 3 aromatic rings. The average Bonchev–Trinajstić information content (AvgIpc) is 2.69. The third kappa shape index (κ3) is 4.16. The summed E-state index contributed by atoms with van der Waals surface area (Å²) in [6.45, 7) is 3.78. The standard InChI is InChI=1S/C22H22ClNO3S/c1-16-14-22(17(2)13-21(16)23)28(25,26)24(15-18-7-5-4-6-8-18)19-9-11-20(27-3)12-10-19/h4-14H,15H2,1-3H3. The fraction of sp³-hybridized carbons (Fsp3) is 0.182. The Balaban J connectivity index is 2.12. The Labute approximate surface area is 171 Å². The first-order valence-electron chi connectivity index (χ1n) is 8.80. The van der Waals surface area contributed by atoms with Crippen LogP contribution < -0.4 is 9.04 Å². The number of anilines is 1. The van der Waals surface area contributed by atoms with Crippen molar-refractivity contribution in [3.8, 4) is 5.75 Å². The van der Waals surface area contributed by atoms with Gasteiger partial charge in [0, 0.05) is 5.02 Å². The lowest BCUT2D eigenvalue weighted by atomic mass is 10.2. The van der Waals surface area contributed by atoms with Crippen LogP contribution in [-0.2, 0) is 16.6 Å². The summed E-state index contributed by atoms with van der Waals surface area (Å²) in [5.74, 6) is 0.666. The van der Waals surface area contributed by atoms with Crippen LogP contribution in [0.5, 0.6) is 5.75 Å². The van der Waals surface area contributed by atoms with Crippen LogP contribution in [0.3, 0.4) is 0 Å². The molecule has 0 amide bonds. The summed E-state index contributed by atoms with van der Waals surface area (Å²) in [4.78, 5) is 0.251. The smallest absolute Gasteiger partial charge is 0.264 e. The summed E-state index contributed by atoms with van der Waals surface area (Å²) in [6.07, 6.45) is 0. The topological polar surface area (TPSA) is 46.6 Å². The maximum atomic E-state index is 13.6. The summed E-state index contributed by atoms with van der Waals surface area (Å²) >= 11 is 6.17. The van der Waals surface area contributed by atoms with Crippen molar-refractivity contribution in [1.82, 2.24) is 0 Å². The van der Waals surface area contributed by atoms with E-state index in [1.54, 1.807) is 57.4 Å². The van der Waals surface area contributed by atoms with Crippen molar-refractivity contribution < 1.29 is 13.2 Å². The van der Waals surface area contributed by atoms with Crippen LogP contribution >= 0.6 is 11.6 Å². The summed E-state index contributed by atoms with van der Waals surface area (Å²) in [5, 5.41) is 0.551. The maximum Gasteiger partial charge on any atom is 0.264 e. The molecular weight excluding hydrogens is 394 g/mol. The largest absolute Gasteiger partial charge is 0.497 e. The predicted octanol–water partition coefficient (Wildman–Crippen LogP) is 5.36. The van der Waals surface area contributed by atoms with E-state index in [4.69, 9.17) is 16.3 Å². The van der Waals surface area contributed by atoms with Crippen LogP contribution in [0, 0.1) is 13.8 Å². The van der Waals surface area contributed by atoms with Gasteiger partial charge in [-0.25, -0.2) is 8.42 Å². The van der Waals surface area contributed by atoms with E-state index in [1.807, 2.05) is 30.3 Å². The highest BCUT2D eigenvalue weighted by Gasteiger charge is 2.27. The van der Waals surface area contributed by atoms with Crippen LogP contribution in [0.15, 0.2) is 71.6 Å². The Morgan fingerprint density at radius 2 is 1.57 bits per heavy atom. The Kier molecular flexibility index (Phi) is 5.96. The number of benzene rings is 3. The summed E-state index contributed by atoms with van der Waals surface area (Å²) in [6, 6.07) is 19.8. The van der Waals surface area contributed by atoms with Crippen molar-refractivity contribution in [3.63, 3.8) is 0 Å². The molecule has 3 rings (SSSR count). The summed E-state index contributed by atoms with van der Waals surface area (Å²) in [5.41, 5.74) is 2.80. The number of rotatable bonds is 6. The lowest BCUT2D eigenvalue weighted by Crippen LogP contribution is -2.31. The maximum absolute atomic E-state index is 13.6. The summed E-state index contributed by atoms with van der Waals surface area (Å²) < 4.78 is 33.9. The van der Waals surface area contributed by atoms with Crippen molar-refractivity contribution in [2.75, 3.05) is 11.4 Å². The van der Waals surface area contributed by atoms with Crippen LogP contribution in [0.25, 0.3) is 0 Å². The minimum atomic E-state index is -3.81. The minimum absolute atomic E-state index is 0.219. The molecule has 0 aromatic heterocycles. The Hall–Kier alpha value is -2.50. The quantitative estimate of drug-likeness (QED) is 0.544. The van der Waals surface area contributed by atoms with Crippen LogP contribution in [0.1, 0.15) is 16.7 Å². The van der Waals surface area contributed by atoms with Gasteiger partial charge in [0.1, 0.15) is 5.75 Å². The molecule has 0 aliphatic rings. The first kappa shape index (κ1) is 20.2. The molecule has 28 heavy (non-hydrogen) atoms. The van der Waals surface area contributed by atoms with Gasteiger partial charge in [-0.2, -0.15) is 0 Å². The molecule has 0 bridgehead atoms. The lowest BCUT2D eigenvalue weighted by Gasteiger charge is -2.26. The normalized spacial score (nSPS) is 11.3. The van der Waals surface area contributed by atoms with E-state index in [1.165, 1.54) is 4.31 Å². The minimum Gasteiger partial charge on any atom is -0.497 e. The van der Waals surface area contributed by atoms with E-state index >= 15 is 0 Å². The molecule has 4 nitrogen and oxygen atoms in total. The van der Waals surface area contributed by atoms with Crippen LogP contribution in [0.2, 0.25) is 5.02 Å². The highest BCUT2D eigenvalue weighted by atomic mass is 35.5. The molecule has 6 heteroatoms. The number of methoxy groups -OCH3 is 1. The van der Waals surface area contributed by atoms with Crippen molar-refractivity contribution in [1.29, 1.82) is 0 Å².